The Morgan fingerprint density at radius 2 is 1.02 bits per heavy atom. The molecule has 0 spiro atoms. The minimum absolute atomic E-state index is 0.619. The summed E-state index contributed by atoms with van der Waals surface area (Å²) >= 11 is 0. The number of benzene rings is 4. The van der Waals surface area contributed by atoms with E-state index in [0.717, 1.165) is 57.7 Å². The smallest absolute Gasteiger partial charge is 0.146 e. The molecule has 4 heteroatoms. The molecule has 0 aliphatic carbocycles. The SMILES string of the molecule is CCN(CC)N=Nc1ccc(-c2ccccc2C#Cc2ccccc2-c2ccc(C#C[Si](C(C)C)(C(C)C)C(C)C)cc2)cc1. The largest absolute Gasteiger partial charge is 0.279 e. The van der Waals surface area contributed by atoms with Gasteiger partial charge in [0, 0.05) is 29.8 Å². The van der Waals surface area contributed by atoms with Crippen molar-refractivity contribution in [1.29, 1.82) is 0 Å². The predicted molar refractivity (Wildman–Crippen MR) is 195 cm³/mol. The second-order valence-electron chi connectivity index (χ2n) is 12.4. The van der Waals surface area contributed by atoms with E-state index in [-0.39, 0.29) is 0 Å². The maximum absolute atomic E-state index is 4.38. The van der Waals surface area contributed by atoms with Gasteiger partial charge in [-0.25, -0.2) is 0 Å². The van der Waals surface area contributed by atoms with Crippen molar-refractivity contribution in [3.8, 4) is 45.6 Å². The fourth-order valence-corrected chi connectivity index (χ4v) is 11.6. The predicted octanol–water partition coefficient (Wildman–Crippen LogP) is 11.3. The zero-order chi connectivity index (χ0) is 32.4. The van der Waals surface area contributed by atoms with Gasteiger partial charge in [0.05, 0.1) is 5.69 Å². The highest BCUT2D eigenvalue weighted by Gasteiger charge is 2.41. The third kappa shape index (κ3) is 8.02. The van der Waals surface area contributed by atoms with Crippen LogP contribution in [0.25, 0.3) is 22.3 Å². The molecule has 0 heterocycles. The topological polar surface area (TPSA) is 28.0 Å². The van der Waals surface area contributed by atoms with Crippen LogP contribution in [0.15, 0.2) is 107 Å². The van der Waals surface area contributed by atoms with Crippen molar-refractivity contribution in [3.05, 3.63) is 114 Å². The first kappa shape index (κ1) is 33.5. The van der Waals surface area contributed by atoms with Gasteiger partial charge in [-0.2, -0.15) is 0 Å². The zero-order valence-corrected chi connectivity index (χ0v) is 29.2. The summed E-state index contributed by atoms with van der Waals surface area (Å²) < 4.78 is 0. The monoisotopic (exact) mass is 609 g/mol. The lowest BCUT2D eigenvalue weighted by atomic mass is 9.97. The first-order valence-corrected chi connectivity index (χ1v) is 18.5. The lowest BCUT2D eigenvalue weighted by Gasteiger charge is -2.38. The quantitative estimate of drug-likeness (QED) is 0.0803. The molecule has 0 radical (unpaired) electrons. The Balaban J connectivity index is 1.60. The van der Waals surface area contributed by atoms with Crippen LogP contribution in [0.5, 0.6) is 0 Å². The fourth-order valence-electron chi connectivity index (χ4n) is 6.34. The van der Waals surface area contributed by atoms with Gasteiger partial charge in [0.2, 0.25) is 0 Å². The molecule has 4 rings (SSSR count). The van der Waals surface area contributed by atoms with Crippen molar-refractivity contribution in [3.63, 3.8) is 0 Å². The van der Waals surface area contributed by atoms with Gasteiger partial charge in [-0.15, -0.1) is 10.7 Å². The Morgan fingerprint density at radius 1 is 0.578 bits per heavy atom. The van der Waals surface area contributed by atoms with E-state index in [1.165, 1.54) is 0 Å². The molecule has 230 valence electrons. The summed E-state index contributed by atoms with van der Waals surface area (Å²) in [5.41, 5.74) is 14.1. The molecule has 0 bridgehead atoms. The normalized spacial score (nSPS) is 11.4. The summed E-state index contributed by atoms with van der Waals surface area (Å²) in [4.78, 5) is 0. The van der Waals surface area contributed by atoms with Crippen LogP contribution in [-0.4, -0.2) is 26.2 Å². The van der Waals surface area contributed by atoms with Crippen molar-refractivity contribution in [2.24, 2.45) is 10.3 Å². The van der Waals surface area contributed by atoms with Crippen LogP contribution in [0, 0.1) is 23.3 Å². The van der Waals surface area contributed by atoms with Crippen LogP contribution in [0.4, 0.5) is 5.69 Å². The molecule has 0 saturated heterocycles. The summed E-state index contributed by atoms with van der Waals surface area (Å²) in [6.07, 6.45) is 0. The molecule has 3 nitrogen and oxygen atoms in total. The van der Waals surface area contributed by atoms with Crippen LogP contribution in [0.2, 0.25) is 16.6 Å². The maximum Gasteiger partial charge on any atom is 0.146 e. The van der Waals surface area contributed by atoms with Gasteiger partial charge in [-0.1, -0.05) is 125 Å². The van der Waals surface area contributed by atoms with E-state index in [2.05, 4.69) is 168 Å². The summed E-state index contributed by atoms with van der Waals surface area (Å²) in [6.45, 7) is 20.0. The van der Waals surface area contributed by atoms with Gasteiger partial charge in [-0.3, -0.25) is 5.01 Å². The lowest BCUT2D eigenvalue weighted by Crippen LogP contribution is -2.43. The van der Waals surface area contributed by atoms with Gasteiger partial charge >= 0.3 is 0 Å². The lowest BCUT2D eigenvalue weighted by molar-refractivity contribution is 0.301. The van der Waals surface area contributed by atoms with Crippen molar-refractivity contribution in [2.75, 3.05) is 13.1 Å². The molecule has 45 heavy (non-hydrogen) atoms. The molecular formula is C41H47N3Si. The standard InChI is InChI=1S/C41H47N3Si/c1-9-44(10-2)43-42-39-27-25-38(26-28-39)41-18-14-12-16-36(41)24-23-35-15-11-13-17-40(35)37-21-19-34(20-22-37)29-30-45(31(3)4,32(5)6)33(7)8/h11-22,25-28,31-33H,9-10H2,1-8H3. The molecule has 0 aliphatic rings. The molecule has 0 amide bonds. The van der Waals surface area contributed by atoms with E-state index in [9.17, 15) is 0 Å². The third-order valence-corrected chi connectivity index (χ3v) is 15.2. The minimum Gasteiger partial charge on any atom is -0.279 e. The molecule has 0 fully saturated rings. The Morgan fingerprint density at radius 3 is 1.47 bits per heavy atom. The number of hydrogen-bond donors (Lipinski definition) is 0. The Bertz CT molecular complexity index is 1680. The van der Waals surface area contributed by atoms with Gasteiger partial charge in [-0.05, 0) is 89.1 Å². The molecule has 0 saturated carbocycles. The molecule has 0 N–H and O–H groups in total. The zero-order valence-electron chi connectivity index (χ0n) is 28.2. The Hall–Kier alpha value is -4.38. The van der Waals surface area contributed by atoms with Crippen LogP contribution < -0.4 is 0 Å². The fraction of sp³-hybridized carbons (Fsp3) is 0.317. The number of nitrogens with zero attached hydrogens (tertiary/aromatic N) is 3. The minimum atomic E-state index is -1.77. The Kier molecular flexibility index (Phi) is 11.6. The molecule has 0 unspecified atom stereocenters. The van der Waals surface area contributed by atoms with Crippen molar-refractivity contribution in [2.45, 2.75) is 72.0 Å². The van der Waals surface area contributed by atoms with Gasteiger partial charge in [0.25, 0.3) is 0 Å². The summed E-state index contributed by atoms with van der Waals surface area (Å²) in [5, 5.41) is 10.6. The molecular weight excluding hydrogens is 563 g/mol. The second-order valence-corrected chi connectivity index (χ2v) is 18.0. The molecule has 0 aromatic heterocycles. The first-order valence-electron chi connectivity index (χ1n) is 16.3. The van der Waals surface area contributed by atoms with E-state index in [1.54, 1.807) is 0 Å². The van der Waals surface area contributed by atoms with Crippen molar-refractivity contribution >= 4 is 13.8 Å². The van der Waals surface area contributed by atoms with E-state index >= 15 is 0 Å². The molecule has 0 atom stereocenters. The number of rotatable bonds is 9. The highest BCUT2D eigenvalue weighted by atomic mass is 28.3. The van der Waals surface area contributed by atoms with E-state index in [4.69, 9.17) is 0 Å². The number of hydrogen-bond acceptors (Lipinski definition) is 2. The summed E-state index contributed by atoms with van der Waals surface area (Å²) in [5.74, 6) is 10.5. The van der Waals surface area contributed by atoms with E-state index in [0.29, 0.717) is 16.6 Å². The van der Waals surface area contributed by atoms with Crippen molar-refractivity contribution in [1.82, 2.24) is 5.01 Å². The van der Waals surface area contributed by atoms with Gasteiger partial charge in [0.1, 0.15) is 8.07 Å². The second kappa shape index (κ2) is 15.6. The average molecular weight is 610 g/mol. The summed E-state index contributed by atoms with van der Waals surface area (Å²) in [6, 6.07) is 33.6. The third-order valence-electron chi connectivity index (χ3n) is 8.87. The van der Waals surface area contributed by atoms with Crippen molar-refractivity contribution < 1.29 is 0 Å². The van der Waals surface area contributed by atoms with Crippen LogP contribution >= 0.6 is 0 Å². The van der Waals surface area contributed by atoms with Crippen LogP contribution in [0.3, 0.4) is 0 Å². The molecule has 0 aliphatic heterocycles. The highest BCUT2D eigenvalue weighted by molar-refractivity contribution is 6.90. The maximum atomic E-state index is 4.38. The van der Waals surface area contributed by atoms with E-state index in [1.807, 2.05) is 23.2 Å². The van der Waals surface area contributed by atoms with Gasteiger partial charge < -0.3 is 0 Å². The van der Waals surface area contributed by atoms with E-state index < -0.39 is 8.07 Å². The highest BCUT2D eigenvalue weighted by Crippen LogP contribution is 2.40. The Labute approximate surface area is 272 Å². The van der Waals surface area contributed by atoms with Gasteiger partial charge in [0.15, 0.2) is 0 Å². The van der Waals surface area contributed by atoms with Crippen LogP contribution in [-0.2, 0) is 0 Å². The molecule has 4 aromatic carbocycles. The van der Waals surface area contributed by atoms with Crippen LogP contribution in [0.1, 0.15) is 72.1 Å². The summed E-state index contributed by atoms with van der Waals surface area (Å²) in [7, 11) is -1.77. The average Bonchev–Trinajstić information content (AvgIpc) is 3.05. The first-order chi connectivity index (χ1) is 21.7. The molecule has 4 aromatic rings.